The third kappa shape index (κ3) is 2.85. The molecule has 78 valence electrons. The molecule has 0 aliphatic rings. The van der Waals surface area contributed by atoms with Gasteiger partial charge < -0.3 is 15.3 Å². The highest BCUT2D eigenvalue weighted by Gasteiger charge is 2.02. The lowest BCUT2D eigenvalue weighted by Gasteiger charge is -2.13. The summed E-state index contributed by atoms with van der Waals surface area (Å²) in [5.41, 5.74) is 0. The molecule has 1 aromatic heterocycles. The molecule has 1 aromatic rings. The topological polar surface area (TPSA) is 61.3 Å². The largest absolute Gasteiger partial charge is 0.395 e. The van der Waals surface area contributed by atoms with E-state index in [1.165, 1.54) is 0 Å². The molecule has 0 aromatic carbocycles. The summed E-state index contributed by atoms with van der Waals surface area (Å²) in [5.74, 6) is 2.32. The van der Waals surface area contributed by atoms with Crippen molar-refractivity contribution in [3.8, 4) is 0 Å². The Morgan fingerprint density at radius 3 is 2.71 bits per heavy atom. The van der Waals surface area contributed by atoms with Gasteiger partial charge in [0, 0.05) is 26.7 Å². The Hall–Kier alpha value is -1.36. The van der Waals surface area contributed by atoms with Crippen molar-refractivity contribution in [1.82, 2.24) is 9.97 Å². The zero-order valence-corrected chi connectivity index (χ0v) is 8.78. The second-order valence-electron chi connectivity index (χ2n) is 3.20. The number of aromatic nitrogens is 2. The summed E-state index contributed by atoms with van der Waals surface area (Å²) >= 11 is 0. The maximum Gasteiger partial charge on any atom is 0.133 e. The van der Waals surface area contributed by atoms with E-state index < -0.39 is 0 Å². The third-order valence-corrected chi connectivity index (χ3v) is 1.70. The Balaban J connectivity index is 2.84. The van der Waals surface area contributed by atoms with Crippen molar-refractivity contribution in [3.63, 3.8) is 0 Å². The van der Waals surface area contributed by atoms with Gasteiger partial charge >= 0.3 is 0 Å². The van der Waals surface area contributed by atoms with Crippen molar-refractivity contribution in [2.75, 3.05) is 37.5 Å². The molecule has 2 N–H and O–H groups in total. The van der Waals surface area contributed by atoms with Crippen LogP contribution < -0.4 is 10.2 Å². The van der Waals surface area contributed by atoms with E-state index in [9.17, 15) is 0 Å². The van der Waals surface area contributed by atoms with E-state index in [2.05, 4.69) is 15.3 Å². The molecule has 0 spiro atoms. The van der Waals surface area contributed by atoms with Crippen molar-refractivity contribution in [1.29, 1.82) is 0 Å². The van der Waals surface area contributed by atoms with Gasteiger partial charge in [0.2, 0.25) is 0 Å². The highest BCUT2D eigenvalue weighted by molar-refractivity contribution is 5.48. The molecule has 14 heavy (non-hydrogen) atoms. The number of nitrogens with one attached hydrogen (secondary N) is 1. The summed E-state index contributed by atoms with van der Waals surface area (Å²) in [6.07, 6.45) is 0. The van der Waals surface area contributed by atoms with Crippen LogP contribution in [0.2, 0.25) is 0 Å². The minimum absolute atomic E-state index is 0.0976. The van der Waals surface area contributed by atoms with E-state index in [1.807, 2.05) is 32.0 Å². The van der Waals surface area contributed by atoms with E-state index in [1.54, 1.807) is 0 Å². The molecule has 0 saturated carbocycles. The molecule has 5 nitrogen and oxygen atoms in total. The first kappa shape index (κ1) is 10.7. The molecule has 0 bridgehead atoms. The normalized spacial score (nSPS) is 10.0. The zero-order chi connectivity index (χ0) is 10.6. The minimum atomic E-state index is 0.0976. The summed E-state index contributed by atoms with van der Waals surface area (Å²) in [6.45, 7) is 2.45. The second-order valence-corrected chi connectivity index (χ2v) is 3.20. The molecule has 0 aliphatic heterocycles. The number of nitrogens with zero attached hydrogens (tertiary/aromatic N) is 3. The molecule has 0 fully saturated rings. The van der Waals surface area contributed by atoms with Crippen LogP contribution in [0.25, 0.3) is 0 Å². The van der Waals surface area contributed by atoms with Crippen LogP contribution in [0.3, 0.4) is 0 Å². The van der Waals surface area contributed by atoms with Crippen molar-refractivity contribution < 1.29 is 5.11 Å². The van der Waals surface area contributed by atoms with Gasteiger partial charge in [-0.05, 0) is 6.92 Å². The van der Waals surface area contributed by atoms with Crippen LogP contribution >= 0.6 is 0 Å². The fraction of sp³-hybridized carbons (Fsp3) is 0.556. The SMILES string of the molecule is Cc1nc(NCCO)cc(N(C)C)n1. The first-order valence-corrected chi connectivity index (χ1v) is 4.51. The number of anilines is 2. The number of aryl methyl sites for hydroxylation is 1. The number of aliphatic hydroxyl groups is 1. The number of aliphatic hydroxyl groups excluding tert-OH is 1. The van der Waals surface area contributed by atoms with Crippen molar-refractivity contribution in [2.24, 2.45) is 0 Å². The number of hydrogen-bond donors (Lipinski definition) is 2. The maximum atomic E-state index is 8.66. The molecule has 0 amide bonds. The van der Waals surface area contributed by atoms with Gasteiger partial charge in [0.1, 0.15) is 17.5 Å². The highest BCUT2D eigenvalue weighted by Crippen LogP contribution is 2.12. The van der Waals surface area contributed by atoms with Gasteiger partial charge in [-0.1, -0.05) is 0 Å². The Labute approximate surface area is 83.8 Å². The van der Waals surface area contributed by atoms with Crippen molar-refractivity contribution in [3.05, 3.63) is 11.9 Å². The van der Waals surface area contributed by atoms with Gasteiger partial charge in [-0.3, -0.25) is 0 Å². The van der Waals surface area contributed by atoms with Crippen LogP contribution in [-0.4, -0.2) is 42.3 Å². The van der Waals surface area contributed by atoms with E-state index in [4.69, 9.17) is 5.11 Å². The number of rotatable bonds is 4. The van der Waals surface area contributed by atoms with Crippen LogP contribution in [-0.2, 0) is 0 Å². The lowest BCUT2D eigenvalue weighted by atomic mass is 10.4. The van der Waals surface area contributed by atoms with Crippen molar-refractivity contribution >= 4 is 11.6 Å². The zero-order valence-electron chi connectivity index (χ0n) is 8.78. The van der Waals surface area contributed by atoms with Gasteiger partial charge in [0.05, 0.1) is 6.61 Å². The summed E-state index contributed by atoms with van der Waals surface area (Å²) in [4.78, 5) is 10.4. The van der Waals surface area contributed by atoms with Crippen LogP contribution in [0, 0.1) is 6.92 Å². The summed E-state index contributed by atoms with van der Waals surface area (Å²) in [7, 11) is 3.86. The third-order valence-electron chi connectivity index (χ3n) is 1.70. The summed E-state index contributed by atoms with van der Waals surface area (Å²) in [6, 6.07) is 1.85. The Bertz CT molecular complexity index is 301. The number of hydrogen-bond acceptors (Lipinski definition) is 5. The smallest absolute Gasteiger partial charge is 0.133 e. The molecule has 1 rings (SSSR count). The Kier molecular flexibility index (Phi) is 3.64. The minimum Gasteiger partial charge on any atom is -0.395 e. The van der Waals surface area contributed by atoms with Gasteiger partial charge in [-0.2, -0.15) is 0 Å². The molecule has 0 atom stereocenters. The first-order valence-electron chi connectivity index (χ1n) is 4.51. The van der Waals surface area contributed by atoms with E-state index in [0.29, 0.717) is 6.54 Å². The fourth-order valence-corrected chi connectivity index (χ4v) is 1.06. The molecule has 0 aliphatic carbocycles. The Morgan fingerprint density at radius 2 is 2.14 bits per heavy atom. The van der Waals surface area contributed by atoms with E-state index >= 15 is 0 Å². The second kappa shape index (κ2) is 4.76. The van der Waals surface area contributed by atoms with Gasteiger partial charge in [-0.15, -0.1) is 0 Å². The fourth-order valence-electron chi connectivity index (χ4n) is 1.06. The molecule has 0 radical (unpaired) electrons. The average Bonchev–Trinajstić information content (AvgIpc) is 2.14. The molecular weight excluding hydrogens is 180 g/mol. The summed E-state index contributed by atoms with van der Waals surface area (Å²) in [5, 5.41) is 11.7. The molecular formula is C9H16N4O. The maximum absolute atomic E-state index is 8.66. The molecule has 1 heterocycles. The van der Waals surface area contributed by atoms with Crippen molar-refractivity contribution in [2.45, 2.75) is 6.92 Å². The molecule has 0 saturated heterocycles. The molecule has 5 heteroatoms. The summed E-state index contributed by atoms with van der Waals surface area (Å²) < 4.78 is 0. The lowest BCUT2D eigenvalue weighted by molar-refractivity contribution is 0.311. The van der Waals surface area contributed by atoms with Gasteiger partial charge in [0.15, 0.2) is 0 Å². The lowest BCUT2D eigenvalue weighted by Crippen LogP contribution is -2.14. The van der Waals surface area contributed by atoms with E-state index in [0.717, 1.165) is 17.5 Å². The quantitative estimate of drug-likeness (QED) is 0.723. The standard InChI is InChI=1S/C9H16N4O/c1-7-11-8(10-4-5-14)6-9(12-7)13(2)3/h6,14H,4-5H2,1-3H3,(H,10,11,12). The first-order chi connectivity index (χ1) is 6.63. The van der Waals surface area contributed by atoms with Crippen LogP contribution in [0.1, 0.15) is 5.82 Å². The van der Waals surface area contributed by atoms with Crippen LogP contribution in [0.4, 0.5) is 11.6 Å². The monoisotopic (exact) mass is 196 g/mol. The average molecular weight is 196 g/mol. The van der Waals surface area contributed by atoms with E-state index in [-0.39, 0.29) is 6.61 Å². The Morgan fingerprint density at radius 1 is 1.43 bits per heavy atom. The van der Waals surface area contributed by atoms with Gasteiger partial charge in [0.25, 0.3) is 0 Å². The van der Waals surface area contributed by atoms with Gasteiger partial charge in [-0.25, -0.2) is 9.97 Å². The highest BCUT2D eigenvalue weighted by atomic mass is 16.3. The molecule has 0 unspecified atom stereocenters. The van der Waals surface area contributed by atoms with Crippen LogP contribution in [0.5, 0.6) is 0 Å². The van der Waals surface area contributed by atoms with Crippen LogP contribution in [0.15, 0.2) is 6.07 Å². The predicted octanol–water partition coefficient (Wildman–Crippen LogP) is 0.255. The predicted molar refractivity (Wildman–Crippen MR) is 56.7 cm³/mol.